The van der Waals surface area contributed by atoms with Crippen molar-refractivity contribution in [2.24, 2.45) is 5.92 Å². The van der Waals surface area contributed by atoms with Gasteiger partial charge in [0.05, 0.1) is 17.2 Å². The van der Waals surface area contributed by atoms with Gasteiger partial charge in [-0.15, -0.1) is 0 Å². The van der Waals surface area contributed by atoms with Crippen LogP contribution in [-0.2, 0) is 11.0 Å². The number of nitrogens with one attached hydrogen (secondary N) is 1. The molecule has 0 spiro atoms. The fraction of sp³-hybridized carbons (Fsp3) is 0.278. The summed E-state index contributed by atoms with van der Waals surface area (Å²) in [6.45, 7) is 3.68. The Balaban J connectivity index is 2.31. The van der Waals surface area contributed by atoms with Crippen molar-refractivity contribution in [1.29, 1.82) is 0 Å². The fourth-order valence-corrected chi connectivity index (χ4v) is 2.68. The second kappa shape index (κ2) is 7.26. The van der Waals surface area contributed by atoms with Crippen LogP contribution in [0, 0.1) is 5.92 Å². The summed E-state index contributed by atoms with van der Waals surface area (Å²) in [6.07, 6.45) is -4.53. The first-order chi connectivity index (χ1) is 11.2. The van der Waals surface area contributed by atoms with E-state index in [9.17, 15) is 18.0 Å². The molecule has 0 unspecified atom stereocenters. The molecule has 0 saturated carbocycles. The molecule has 0 aliphatic carbocycles. The second-order valence-electron chi connectivity index (χ2n) is 5.81. The Morgan fingerprint density at radius 1 is 1.04 bits per heavy atom. The van der Waals surface area contributed by atoms with Crippen LogP contribution in [0.15, 0.2) is 48.5 Å². The monoisotopic (exact) mass is 355 g/mol. The van der Waals surface area contributed by atoms with Crippen molar-refractivity contribution in [3.05, 3.63) is 64.7 Å². The number of alkyl halides is 3. The Labute approximate surface area is 143 Å². The van der Waals surface area contributed by atoms with Crippen LogP contribution in [0.3, 0.4) is 0 Å². The molecule has 0 aromatic heterocycles. The molecule has 0 saturated heterocycles. The van der Waals surface area contributed by atoms with Gasteiger partial charge in [-0.05, 0) is 35.7 Å². The summed E-state index contributed by atoms with van der Waals surface area (Å²) < 4.78 is 39.2. The standard InChI is InChI=1S/C18H17ClF3NO/c1-11(2)16(12-7-9-13(19)10-8-12)17(24)23-15-6-4-3-5-14(15)18(20,21)22/h3-11,16H,1-2H3,(H,23,24)/t16-/m1/s1. The Bertz CT molecular complexity index is 711. The highest BCUT2D eigenvalue weighted by Crippen LogP contribution is 2.35. The zero-order valence-corrected chi connectivity index (χ0v) is 13.9. The summed E-state index contributed by atoms with van der Waals surface area (Å²) in [5, 5.41) is 2.95. The molecule has 0 aliphatic rings. The van der Waals surface area contributed by atoms with Gasteiger partial charge in [0.1, 0.15) is 0 Å². The molecule has 6 heteroatoms. The molecule has 0 heterocycles. The van der Waals surface area contributed by atoms with E-state index in [0.29, 0.717) is 10.6 Å². The topological polar surface area (TPSA) is 29.1 Å². The summed E-state index contributed by atoms with van der Waals surface area (Å²) >= 11 is 5.85. The number of carbonyl (C=O) groups excluding carboxylic acids is 1. The SMILES string of the molecule is CC(C)[C@@H](C(=O)Nc1ccccc1C(F)(F)F)c1ccc(Cl)cc1. The van der Waals surface area contributed by atoms with Gasteiger partial charge in [-0.1, -0.05) is 49.7 Å². The van der Waals surface area contributed by atoms with E-state index in [1.165, 1.54) is 18.2 Å². The third-order valence-corrected chi connectivity index (χ3v) is 3.92. The molecular formula is C18H17ClF3NO. The summed E-state index contributed by atoms with van der Waals surface area (Å²) in [5.41, 5.74) is -0.400. The average Bonchev–Trinajstić information content (AvgIpc) is 2.48. The number of carbonyl (C=O) groups is 1. The second-order valence-corrected chi connectivity index (χ2v) is 6.24. The van der Waals surface area contributed by atoms with Crippen molar-refractivity contribution >= 4 is 23.2 Å². The smallest absolute Gasteiger partial charge is 0.325 e. The van der Waals surface area contributed by atoms with Crippen molar-refractivity contribution in [3.8, 4) is 0 Å². The lowest BCUT2D eigenvalue weighted by Gasteiger charge is -2.22. The molecule has 0 bridgehead atoms. The van der Waals surface area contributed by atoms with Crippen molar-refractivity contribution in [2.75, 3.05) is 5.32 Å². The number of halogens is 4. The maximum Gasteiger partial charge on any atom is 0.418 e. The Hall–Kier alpha value is -2.01. The average molecular weight is 356 g/mol. The minimum Gasteiger partial charge on any atom is -0.325 e. The van der Waals surface area contributed by atoms with Gasteiger partial charge < -0.3 is 5.32 Å². The molecule has 2 nitrogen and oxygen atoms in total. The molecule has 0 aliphatic heterocycles. The van der Waals surface area contributed by atoms with Crippen molar-refractivity contribution < 1.29 is 18.0 Å². The van der Waals surface area contributed by atoms with Crippen LogP contribution in [0.1, 0.15) is 30.9 Å². The third kappa shape index (κ3) is 4.29. The summed E-state index contributed by atoms with van der Waals surface area (Å²) in [6, 6.07) is 11.7. The molecule has 2 rings (SSSR count). The largest absolute Gasteiger partial charge is 0.418 e. The number of anilines is 1. The zero-order chi connectivity index (χ0) is 17.9. The van der Waals surface area contributed by atoms with Crippen LogP contribution in [0.4, 0.5) is 18.9 Å². The van der Waals surface area contributed by atoms with Gasteiger partial charge in [-0.25, -0.2) is 0 Å². The Morgan fingerprint density at radius 3 is 2.17 bits per heavy atom. The minimum absolute atomic E-state index is 0.0933. The highest BCUT2D eigenvalue weighted by Gasteiger charge is 2.34. The lowest BCUT2D eigenvalue weighted by atomic mass is 9.87. The molecule has 1 atom stereocenters. The quantitative estimate of drug-likeness (QED) is 0.744. The van der Waals surface area contributed by atoms with Crippen LogP contribution >= 0.6 is 11.6 Å². The number of rotatable bonds is 4. The first kappa shape index (κ1) is 18.3. The minimum atomic E-state index is -4.53. The molecule has 2 aromatic rings. The maximum absolute atomic E-state index is 13.1. The van der Waals surface area contributed by atoms with E-state index >= 15 is 0 Å². The lowest BCUT2D eigenvalue weighted by Crippen LogP contribution is -2.26. The van der Waals surface area contributed by atoms with E-state index in [1.807, 2.05) is 13.8 Å². The summed E-state index contributed by atoms with van der Waals surface area (Å²) in [4.78, 5) is 12.6. The van der Waals surface area contributed by atoms with Crippen LogP contribution in [-0.4, -0.2) is 5.91 Å². The van der Waals surface area contributed by atoms with Crippen LogP contribution in [0.5, 0.6) is 0 Å². The van der Waals surface area contributed by atoms with Gasteiger partial charge in [0, 0.05) is 5.02 Å². The fourth-order valence-electron chi connectivity index (χ4n) is 2.56. The van der Waals surface area contributed by atoms with Crippen LogP contribution in [0.25, 0.3) is 0 Å². The molecule has 128 valence electrons. The predicted molar refractivity (Wildman–Crippen MR) is 89.1 cm³/mol. The summed E-state index contributed by atoms with van der Waals surface area (Å²) in [5.74, 6) is -1.16. The van der Waals surface area contributed by atoms with Gasteiger partial charge in [-0.2, -0.15) is 13.2 Å². The number of para-hydroxylation sites is 1. The Morgan fingerprint density at radius 2 is 1.62 bits per heavy atom. The van der Waals surface area contributed by atoms with E-state index in [2.05, 4.69) is 5.32 Å². The van der Waals surface area contributed by atoms with Gasteiger partial charge in [-0.3, -0.25) is 4.79 Å². The Kier molecular flexibility index (Phi) is 5.54. The molecule has 1 amide bonds. The molecule has 2 aromatic carbocycles. The van der Waals surface area contributed by atoms with E-state index < -0.39 is 23.6 Å². The normalized spacial score (nSPS) is 13.0. The zero-order valence-electron chi connectivity index (χ0n) is 13.2. The molecular weight excluding hydrogens is 339 g/mol. The highest BCUT2D eigenvalue weighted by molar-refractivity contribution is 6.30. The number of hydrogen-bond donors (Lipinski definition) is 1. The third-order valence-electron chi connectivity index (χ3n) is 3.67. The first-order valence-corrected chi connectivity index (χ1v) is 7.80. The number of benzene rings is 2. The lowest BCUT2D eigenvalue weighted by molar-refractivity contribution is -0.137. The number of amides is 1. The number of hydrogen-bond acceptors (Lipinski definition) is 1. The van der Waals surface area contributed by atoms with Crippen molar-refractivity contribution in [1.82, 2.24) is 0 Å². The van der Waals surface area contributed by atoms with Crippen LogP contribution in [0.2, 0.25) is 5.02 Å². The first-order valence-electron chi connectivity index (χ1n) is 7.42. The van der Waals surface area contributed by atoms with E-state index in [1.54, 1.807) is 24.3 Å². The van der Waals surface area contributed by atoms with Gasteiger partial charge in [0.15, 0.2) is 0 Å². The maximum atomic E-state index is 13.1. The van der Waals surface area contributed by atoms with E-state index in [0.717, 1.165) is 6.07 Å². The molecule has 0 radical (unpaired) electrons. The van der Waals surface area contributed by atoms with Gasteiger partial charge in [0.2, 0.25) is 5.91 Å². The summed E-state index contributed by atoms with van der Waals surface area (Å²) in [7, 11) is 0. The van der Waals surface area contributed by atoms with Crippen molar-refractivity contribution in [2.45, 2.75) is 25.9 Å². The van der Waals surface area contributed by atoms with Crippen molar-refractivity contribution in [3.63, 3.8) is 0 Å². The predicted octanol–water partition coefficient (Wildman–Crippen LogP) is 5.74. The van der Waals surface area contributed by atoms with E-state index in [4.69, 9.17) is 11.6 Å². The highest BCUT2D eigenvalue weighted by atomic mass is 35.5. The van der Waals surface area contributed by atoms with Crippen LogP contribution < -0.4 is 5.32 Å². The van der Waals surface area contributed by atoms with Gasteiger partial charge in [0.25, 0.3) is 0 Å². The molecule has 1 N–H and O–H groups in total. The van der Waals surface area contributed by atoms with Gasteiger partial charge >= 0.3 is 6.18 Å². The molecule has 0 fully saturated rings. The molecule has 24 heavy (non-hydrogen) atoms. The van der Waals surface area contributed by atoms with E-state index in [-0.39, 0.29) is 11.6 Å².